The molecule has 2 nitrogen and oxygen atoms in total. The van der Waals surface area contributed by atoms with Crippen molar-refractivity contribution in [3.63, 3.8) is 0 Å². The van der Waals surface area contributed by atoms with Gasteiger partial charge in [-0.2, -0.15) is 5.26 Å². The van der Waals surface area contributed by atoms with Crippen LogP contribution in [0.15, 0.2) is 40.9 Å². The van der Waals surface area contributed by atoms with E-state index in [2.05, 4.69) is 15.9 Å². The summed E-state index contributed by atoms with van der Waals surface area (Å²) < 4.78 is 19.2. The largest absolute Gasteiger partial charge is 0.454 e. The van der Waals surface area contributed by atoms with Gasteiger partial charge in [-0.1, -0.05) is 27.5 Å². The topological polar surface area (TPSA) is 33.0 Å². The van der Waals surface area contributed by atoms with Crippen LogP contribution in [0.3, 0.4) is 0 Å². The Morgan fingerprint density at radius 2 is 1.94 bits per heavy atom. The maximum absolute atomic E-state index is 12.9. The molecule has 2 aromatic carbocycles. The molecule has 0 aliphatic heterocycles. The number of ether oxygens (including phenoxy) is 1. The average Bonchev–Trinajstić information content (AvgIpc) is 2.33. The predicted octanol–water partition coefficient (Wildman–Crippen LogP) is 4.91. The quantitative estimate of drug-likeness (QED) is 0.786. The molecule has 0 saturated heterocycles. The smallest absolute Gasteiger partial charge is 0.146 e. The zero-order chi connectivity index (χ0) is 13.1. The van der Waals surface area contributed by atoms with Crippen LogP contribution < -0.4 is 4.74 Å². The highest BCUT2D eigenvalue weighted by molar-refractivity contribution is 9.10. The highest BCUT2D eigenvalue weighted by Crippen LogP contribution is 2.32. The second-order valence-corrected chi connectivity index (χ2v) is 4.75. The SMILES string of the molecule is N#Cc1ccc(Br)cc1Oc1ccc(F)cc1Cl. The minimum absolute atomic E-state index is 0.152. The number of halogens is 3. The van der Waals surface area contributed by atoms with Crippen molar-refractivity contribution in [3.05, 3.63) is 57.3 Å². The van der Waals surface area contributed by atoms with E-state index in [1.165, 1.54) is 12.1 Å². The lowest BCUT2D eigenvalue weighted by molar-refractivity contribution is 0.479. The van der Waals surface area contributed by atoms with E-state index in [1.807, 2.05) is 6.07 Å². The van der Waals surface area contributed by atoms with E-state index < -0.39 is 5.82 Å². The second-order valence-electron chi connectivity index (χ2n) is 3.43. The molecule has 0 aliphatic rings. The number of benzene rings is 2. The van der Waals surface area contributed by atoms with Crippen LogP contribution >= 0.6 is 27.5 Å². The lowest BCUT2D eigenvalue weighted by Gasteiger charge is -2.09. The molecule has 0 heterocycles. The monoisotopic (exact) mass is 325 g/mol. The lowest BCUT2D eigenvalue weighted by Crippen LogP contribution is -1.89. The van der Waals surface area contributed by atoms with Gasteiger partial charge >= 0.3 is 0 Å². The van der Waals surface area contributed by atoms with Crippen molar-refractivity contribution in [2.75, 3.05) is 0 Å². The summed E-state index contributed by atoms with van der Waals surface area (Å²) in [5.41, 5.74) is 0.374. The van der Waals surface area contributed by atoms with Gasteiger partial charge in [-0.3, -0.25) is 0 Å². The molecule has 2 aromatic rings. The molecule has 2 rings (SSSR count). The van der Waals surface area contributed by atoms with Gasteiger partial charge in [0.25, 0.3) is 0 Å². The zero-order valence-corrected chi connectivity index (χ0v) is 11.3. The molecular formula is C13H6BrClFNO. The average molecular weight is 327 g/mol. The first-order chi connectivity index (χ1) is 8.60. The van der Waals surface area contributed by atoms with Crippen LogP contribution in [0, 0.1) is 17.1 Å². The maximum atomic E-state index is 12.9. The van der Waals surface area contributed by atoms with Crippen LogP contribution in [0.4, 0.5) is 4.39 Å². The molecule has 0 aromatic heterocycles. The number of hydrogen-bond donors (Lipinski definition) is 0. The Balaban J connectivity index is 2.40. The molecule has 90 valence electrons. The Bertz CT molecular complexity index is 639. The van der Waals surface area contributed by atoms with E-state index >= 15 is 0 Å². The van der Waals surface area contributed by atoms with Gasteiger partial charge in [-0.05, 0) is 36.4 Å². The third-order valence-electron chi connectivity index (χ3n) is 2.18. The van der Waals surface area contributed by atoms with Crippen LogP contribution in [-0.2, 0) is 0 Å². The van der Waals surface area contributed by atoms with Gasteiger partial charge in [0.1, 0.15) is 23.4 Å². The van der Waals surface area contributed by atoms with E-state index in [1.54, 1.807) is 18.2 Å². The number of nitriles is 1. The van der Waals surface area contributed by atoms with Gasteiger partial charge in [0.2, 0.25) is 0 Å². The molecule has 18 heavy (non-hydrogen) atoms. The summed E-state index contributed by atoms with van der Waals surface area (Å²) in [6, 6.07) is 10.8. The Morgan fingerprint density at radius 3 is 2.61 bits per heavy atom. The fourth-order valence-electron chi connectivity index (χ4n) is 1.35. The van der Waals surface area contributed by atoms with Crippen molar-refractivity contribution in [3.8, 4) is 17.6 Å². The third-order valence-corrected chi connectivity index (χ3v) is 2.97. The van der Waals surface area contributed by atoms with Gasteiger partial charge in [-0.25, -0.2) is 4.39 Å². The van der Waals surface area contributed by atoms with Crippen molar-refractivity contribution in [2.24, 2.45) is 0 Å². The van der Waals surface area contributed by atoms with Crippen LogP contribution in [0.25, 0.3) is 0 Å². The normalized spacial score (nSPS) is 9.89. The van der Waals surface area contributed by atoms with E-state index in [-0.39, 0.29) is 5.02 Å². The Kier molecular flexibility index (Phi) is 3.85. The van der Waals surface area contributed by atoms with Crippen LogP contribution in [0.5, 0.6) is 11.5 Å². The molecule has 0 fully saturated rings. The minimum atomic E-state index is -0.443. The molecular weight excluding hydrogens is 321 g/mol. The molecule has 0 amide bonds. The molecule has 0 unspecified atom stereocenters. The molecule has 0 saturated carbocycles. The fraction of sp³-hybridized carbons (Fsp3) is 0. The van der Waals surface area contributed by atoms with Crippen molar-refractivity contribution < 1.29 is 9.13 Å². The summed E-state index contributed by atoms with van der Waals surface area (Å²) in [5, 5.41) is 9.11. The van der Waals surface area contributed by atoms with Crippen molar-refractivity contribution in [1.82, 2.24) is 0 Å². The molecule has 0 bridgehead atoms. The predicted molar refractivity (Wildman–Crippen MR) is 70.3 cm³/mol. The molecule has 5 heteroatoms. The van der Waals surface area contributed by atoms with Crippen LogP contribution in [-0.4, -0.2) is 0 Å². The van der Waals surface area contributed by atoms with Gasteiger partial charge in [0, 0.05) is 4.47 Å². The minimum Gasteiger partial charge on any atom is -0.454 e. The molecule has 0 radical (unpaired) electrons. The lowest BCUT2D eigenvalue weighted by atomic mass is 10.2. The fourth-order valence-corrected chi connectivity index (χ4v) is 1.90. The summed E-state index contributed by atoms with van der Waals surface area (Å²) in [6.45, 7) is 0. The first kappa shape index (κ1) is 12.9. The maximum Gasteiger partial charge on any atom is 0.146 e. The van der Waals surface area contributed by atoms with E-state index in [0.717, 1.165) is 10.5 Å². The number of rotatable bonds is 2. The van der Waals surface area contributed by atoms with Crippen LogP contribution in [0.1, 0.15) is 5.56 Å². The van der Waals surface area contributed by atoms with Crippen molar-refractivity contribution in [1.29, 1.82) is 5.26 Å². The van der Waals surface area contributed by atoms with Crippen molar-refractivity contribution in [2.45, 2.75) is 0 Å². The van der Waals surface area contributed by atoms with Crippen molar-refractivity contribution >= 4 is 27.5 Å². The molecule has 0 atom stereocenters. The Hall–Kier alpha value is -1.57. The van der Waals surface area contributed by atoms with Gasteiger partial charge in [0.05, 0.1) is 10.6 Å². The standard InChI is InChI=1S/C13H6BrClFNO/c14-9-2-1-8(7-17)13(5-9)18-12-4-3-10(16)6-11(12)15/h1-6H. The summed E-state index contributed by atoms with van der Waals surface area (Å²) in [5.74, 6) is 0.218. The molecule has 0 N–H and O–H groups in total. The number of nitrogens with zero attached hydrogens (tertiary/aromatic N) is 1. The van der Waals surface area contributed by atoms with E-state index in [0.29, 0.717) is 17.1 Å². The van der Waals surface area contributed by atoms with Gasteiger partial charge in [0.15, 0.2) is 0 Å². The summed E-state index contributed by atoms with van der Waals surface area (Å²) >= 11 is 9.14. The Morgan fingerprint density at radius 1 is 1.17 bits per heavy atom. The molecule has 0 spiro atoms. The highest BCUT2D eigenvalue weighted by Gasteiger charge is 2.09. The Labute approximate surface area is 117 Å². The number of hydrogen-bond acceptors (Lipinski definition) is 2. The highest BCUT2D eigenvalue weighted by atomic mass is 79.9. The molecule has 0 aliphatic carbocycles. The first-order valence-electron chi connectivity index (χ1n) is 4.92. The summed E-state index contributed by atoms with van der Waals surface area (Å²) in [4.78, 5) is 0. The second kappa shape index (κ2) is 5.38. The van der Waals surface area contributed by atoms with Crippen LogP contribution in [0.2, 0.25) is 5.02 Å². The third kappa shape index (κ3) is 2.81. The van der Waals surface area contributed by atoms with E-state index in [9.17, 15) is 4.39 Å². The van der Waals surface area contributed by atoms with Gasteiger partial charge < -0.3 is 4.74 Å². The summed E-state index contributed by atoms with van der Waals surface area (Å²) in [6.07, 6.45) is 0. The first-order valence-corrected chi connectivity index (χ1v) is 6.10. The van der Waals surface area contributed by atoms with Gasteiger partial charge in [-0.15, -0.1) is 0 Å². The summed E-state index contributed by atoms with van der Waals surface area (Å²) in [7, 11) is 0. The zero-order valence-electron chi connectivity index (χ0n) is 8.95. The van der Waals surface area contributed by atoms with E-state index in [4.69, 9.17) is 21.6 Å².